The van der Waals surface area contributed by atoms with E-state index in [0.29, 0.717) is 31.2 Å². The summed E-state index contributed by atoms with van der Waals surface area (Å²) >= 11 is 5.99. The fourth-order valence-corrected chi connectivity index (χ4v) is 3.07. The van der Waals surface area contributed by atoms with Gasteiger partial charge in [0.2, 0.25) is 0 Å². The highest BCUT2D eigenvalue weighted by atomic mass is 35.5. The summed E-state index contributed by atoms with van der Waals surface area (Å²) in [5.74, 6) is 0.208. The van der Waals surface area contributed by atoms with Gasteiger partial charge in [-0.2, -0.15) is 10.2 Å². The van der Waals surface area contributed by atoms with E-state index in [4.69, 9.17) is 17.3 Å². The van der Waals surface area contributed by atoms with Crippen LogP contribution < -0.4 is 5.73 Å². The zero-order valence-corrected chi connectivity index (χ0v) is 13.1. The summed E-state index contributed by atoms with van der Waals surface area (Å²) in [6, 6.07) is 1.88. The Labute approximate surface area is 137 Å². The first-order valence-electron chi connectivity index (χ1n) is 7.58. The van der Waals surface area contributed by atoms with Crippen LogP contribution in [0.5, 0.6) is 0 Å². The largest absolute Gasteiger partial charge is 0.386 e. The van der Waals surface area contributed by atoms with Crippen molar-refractivity contribution in [1.82, 2.24) is 24.9 Å². The lowest BCUT2D eigenvalue weighted by molar-refractivity contribution is 0.0699. The first-order valence-corrected chi connectivity index (χ1v) is 7.95. The number of nitrogens with two attached hydrogens (primary N) is 1. The Bertz CT molecular complexity index is 765. The quantitative estimate of drug-likeness (QED) is 0.772. The molecule has 0 aromatic carbocycles. The molecule has 0 saturated heterocycles. The topological polar surface area (TPSA) is 113 Å². The zero-order valence-electron chi connectivity index (χ0n) is 12.4. The molecule has 2 aliphatic rings. The lowest BCUT2D eigenvalue weighted by Gasteiger charge is -2.27. The molecule has 4 N–H and O–H groups in total. The summed E-state index contributed by atoms with van der Waals surface area (Å²) < 4.78 is 1.85. The van der Waals surface area contributed by atoms with Crippen molar-refractivity contribution < 1.29 is 9.90 Å². The van der Waals surface area contributed by atoms with E-state index in [2.05, 4.69) is 15.3 Å². The fourth-order valence-electron chi connectivity index (χ4n) is 2.90. The summed E-state index contributed by atoms with van der Waals surface area (Å²) in [6.45, 7) is 1.51. The van der Waals surface area contributed by atoms with Crippen LogP contribution in [0.3, 0.4) is 0 Å². The summed E-state index contributed by atoms with van der Waals surface area (Å²) in [7, 11) is 0. The van der Waals surface area contributed by atoms with Crippen molar-refractivity contribution in [1.29, 1.82) is 0 Å². The minimum Gasteiger partial charge on any atom is -0.386 e. The van der Waals surface area contributed by atoms with Crippen LogP contribution in [-0.2, 0) is 13.1 Å². The molecule has 3 heterocycles. The molecule has 1 saturated carbocycles. The molecule has 0 spiro atoms. The fraction of sp³-hybridized carbons (Fsp3) is 0.500. The number of carbonyl (C=O) groups excluding carboxylic acids is 1. The Kier molecular flexibility index (Phi) is 3.31. The van der Waals surface area contributed by atoms with E-state index in [1.54, 1.807) is 4.90 Å². The molecule has 9 heteroatoms. The Hall–Kier alpha value is -2.06. The second kappa shape index (κ2) is 5.24. The molecule has 1 atom stereocenters. The number of halogens is 1. The lowest BCUT2D eigenvalue weighted by Crippen LogP contribution is -2.38. The molecule has 2 aromatic rings. The van der Waals surface area contributed by atoms with Gasteiger partial charge in [0, 0.05) is 6.54 Å². The average molecular weight is 337 g/mol. The van der Waals surface area contributed by atoms with Crippen LogP contribution in [0.2, 0.25) is 5.02 Å². The number of carbonyl (C=O) groups is 1. The minimum atomic E-state index is -0.501. The Morgan fingerprint density at radius 3 is 2.91 bits per heavy atom. The minimum absolute atomic E-state index is 0.118. The highest BCUT2D eigenvalue weighted by molar-refractivity contribution is 6.35. The first kappa shape index (κ1) is 14.5. The Morgan fingerprint density at radius 2 is 2.26 bits per heavy atom. The van der Waals surface area contributed by atoms with Gasteiger partial charge in [0.15, 0.2) is 5.82 Å². The molecule has 1 amide bonds. The highest BCUT2D eigenvalue weighted by Gasteiger charge is 2.34. The summed E-state index contributed by atoms with van der Waals surface area (Å²) in [6.07, 6.45) is 1.60. The van der Waals surface area contributed by atoms with Crippen molar-refractivity contribution in [2.45, 2.75) is 32.0 Å². The van der Waals surface area contributed by atoms with E-state index in [9.17, 15) is 9.90 Å². The monoisotopic (exact) mass is 336 g/mol. The third-order valence-corrected chi connectivity index (χ3v) is 4.80. The number of nitrogen functional groups attached to an aromatic ring is 1. The number of aromatic amines is 1. The summed E-state index contributed by atoms with van der Waals surface area (Å²) in [5, 5.41) is 21.1. The molecule has 4 rings (SSSR count). The number of rotatable bonds is 3. The normalized spacial score (nSPS) is 18.8. The Balaban J connectivity index is 1.54. The maximum atomic E-state index is 12.5. The van der Waals surface area contributed by atoms with E-state index >= 15 is 0 Å². The molecular weight excluding hydrogens is 320 g/mol. The van der Waals surface area contributed by atoms with Crippen molar-refractivity contribution in [2.24, 2.45) is 5.92 Å². The van der Waals surface area contributed by atoms with E-state index < -0.39 is 6.10 Å². The van der Waals surface area contributed by atoms with Gasteiger partial charge in [0.25, 0.3) is 5.91 Å². The van der Waals surface area contributed by atoms with Crippen LogP contribution in [-0.4, -0.2) is 42.4 Å². The van der Waals surface area contributed by atoms with E-state index in [1.807, 2.05) is 10.7 Å². The molecule has 0 bridgehead atoms. The third kappa shape index (κ3) is 2.47. The molecule has 122 valence electrons. The molecule has 1 aliphatic carbocycles. The van der Waals surface area contributed by atoms with Gasteiger partial charge in [-0.15, -0.1) is 0 Å². The maximum Gasteiger partial charge on any atom is 0.273 e. The van der Waals surface area contributed by atoms with Crippen LogP contribution in [0.15, 0.2) is 6.07 Å². The smallest absolute Gasteiger partial charge is 0.273 e. The van der Waals surface area contributed by atoms with Crippen LogP contribution in [0.25, 0.3) is 0 Å². The molecule has 1 fully saturated rings. The molecule has 1 aliphatic heterocycles. The lowest BCUT2D eigenvalue weighted by atomic mass is 10.1. The van der Waals surface area contributed by atoms with Gasteiger partial charge in [-0.05, 0) is 24.8 Å². The number of H-pyrrole nitrogens is 1. The van der Waals surface area contributed by atoms with E-state index in [-0.39, 0.29) is 22.4 Å². The van der Waals surface area contributed by atoms with Crippen LogP contribution in [0.4, 0.5) is 5.82 Å². The number of amides is 1. The number of nitrogens with one attached hydrogen (secondary N) is 1. The van der Waals surface area contributed by atoms with Gasteiger partial charge >= 0.3 is 0 Å². The number of hydrogen-bond donors (Lipinski definition) is 3. The van der Waals surface area contributed by atoms with Crippen LogP contribution in [0, 0.1) is 5.92 Å². The second-order valence-corrected chi connectivity index (χ2v) is 6.47. The first-order chi connectivity index (χ1) is 11.0. The van der Waals surface area contributed by atoms with Gasteiger partial charge in [0.05, 0.1) is 24.5 Å². The molecule has 1 unspecified atom stereocenters. The third-order valence-electron chi connectivity index (χ3n) is 4.42. The van der Waals surface area contributed by atoms with Gasteiger partial charge in [-0.25, -0.2) is 0 Å². The van der Waals surface area contributed by atoms with Crippen LogP contribution in [0.1, 0.15) is 40.8 Å². The predicted molar refractivity (Wildman–Crippen MR) is 82.7 cm³/mol. The van der Waals surface area contributed by atoms with Crippen molar-refractivity contribution in [3.05, 3.63) is 28.2 Å². The zero-order chi connectivity index (χ0) is 16.1. The number of aromatic nitrogens is 4. The van der Waals surface area contributed by atoms with Crippen molar-refractivity contribution in [2.75, 3.05) is 12.3 Å². The Morgan fingerprint density at radius 1 is 1.48 bits per heavy atom. The predicted octanol–water partition coefficient (Wildman–Crippen LogP) is 0.941. The van der Waals surface area contributed by atoms with Gasteiger partial charge in [-0.1, -0.05) is 11.6 Å². The number of hydrogen-bond acceptors (Lipinski definition) is 5. The molecule has 2 aromatic heterocycles. The summed E-state index contributed by atoms with van der Waals surface area (Å²) in [5.41, 5.74) is 7.37. The molecule has 23 heavy (non-hydrogen) atoms. The van der Waals surface area contributed by atoms with Crippen molar-refractivity contribution >= 4 is 23.3 Å². The number of nitrogens with zero attached hydrogens (tertiary/aromatic N) is 4. The van der Waals surface area contributed by atoms with Gasteiger partial charge < -0.3 is 15.7 Å². The van der Waals surface area contributed by atoms with Crippen LogP contribution >= 0.6 is 11.6 Å². The molecule has 0 radical (unpaired) electrons. The average Bonchev–Trinajstić information content (AvgIpc) is 3.23. The van der Waals surface area contributed by atoms with Gasteiger partial charge in [0.1, 0.15) is 16.8 Å². The standard InChI is InChI=1S/C14H17ClN6O2/c15-10-11(17-18-13(10)16)14(23)20-3-4-21-8(6-20)5-9(19-21)12(22)7-1-2-7/h5,7,12,22H,1-4,6H2,(H3,16,17,18). The van der Waals surface area contributed by atoms with Crippen molar-refractivity contribution in [3.63, 3.8) is 0 Å². The maximum absolute atomic E-state index is 12.5. The number of fused-ring (bicyclic) bond motifs is 1. The number of aliphatic hydroxyl groups is 1. The summed E-state index contributed by atoms with van der Waals surface area (Å²) in [4.78, 5) is 14.2. The second-order valence-electron chi connectivity index (χ2n) is 6.09. The van der Waals surface area contributed by atoms with Crippen molar-refractivity contribution in [3.8, 4) is 0 Å². The number of aliphatic hydroxyl groups excluding tert-OH is 1. The number of anilines is 1. The van der Waals surface area contributed by atoms with E-state index in [1.165, 1.54) is 0 Å². The SMILES string of the molecule is Nc1n[nH]c(C(=O)N2CCn3nc(C(O)C4CC4)cc3C2)c1Cl. The molecular formula is C14H17ClN6O2. The van der Waals surface area contributed by atoms with Gasteiger partial charge in [-0.3, -0.25) is 14.6 Å². The highest BCUT2D eigenvalue weighted by Crippen LogP contribution is 2.40. The van der Waals surface area contributed by atoms with E-state index in [0.717, 1.165) is 18.5 Å². The molecule has 8 nitrogen and oxygen atoms in total.